The number of aliphatic carboxylic acids is 1. The highest BCUT2D eigenvalue weighted by molar-refractivity contribution is 9.10. The predicted molar refractivity (Wildman–Crippen MR) is 67.0 cm³/mol. The molecule has 0 aliphatic rings. The SMILES string of the molecule is CN(CC(=O)O)S(=O)(=O)Cc1ccc(Br)cc1. The largest absolute Gasteiger partial charge is 0.480 e. The van der Waals surface area contributed by atoms with Crippen molar-refractivity contribution in [1.82, 2.24) is 4.31 Å². The lowest BCUT2D eigenvalue weighted by Gasteiger charge is -2.14. The molecular weight excluding hydrogens is 310 g/mol. The third-order valence-electron chi connectivity index (χ3n) is 2.10. The number of nitrogens with zero attached hydrogens (tertiary/aromatic N) is 1. The minimum absolute atomic E-state index is 0.204. The van der Waals surface area contributed by atoms with Gasteiger partial charge in [-0.1, -0.05) is 28.1 Å². The molecule has 0 aliphatic heterocycles. The maximum absolute atomic E-state index is 11.8. The first-order valence-corrected chi connectivity index (χ1v) is 7.12. The summed E-state index contributed by atoms with van der Waals surface area (Å²) in [5.74, 6) is -1.38. The van der Waals surface area contributed by atoms with Crippen LogP contribution in [0, 0.1) is 0 Å². The number of carbonyl (C=O) groups is 1. The average Bonchev–Trinajstić information content (AvgIpc) is 2.20. The zero-order valence-corrected chi connectivity index (χ0v) is 11.5. The Balaban J connectivity index is 2.79. The monoisotopic (exact) mass is 321 g/mol. The quantitative estimate of drug-likeness (QED) is 0.886. The molecule has 0 bridgehead atoms. The van der Waals surface area contributed by atoms with E-state index < -0.39 is 22.5 Å². The van der Waals surface area contributed by atoms with E-state index in [-0.39, 0.29) is 5.75 Å². The summed E-state index contributed by atoms with van der Waals surface area (Å²) in [6, 6.07) is 6.83. The lowest BCUT2D eigenvalue weighted by molar-refractivity contribution is -0.137. The van der Waals surface area contributed by atoms with Crippen molar-refractivity contribution >= 4 is 31.9 Å². The highest BCUT2D eigenvalue weighted by atomic mass is 79.9. The Hall–Kier alpha value is -0.920. The normalized spacial score (nSPS) is 11.7. The molecular formula is C10H12BrNO4S. The molecule has 1 aromatic rings. The summed E-state index contributed by atoms with van der Waals surface area (Å²) < 4.78 is 25.2. The zero-order chi connectivity index (χ0) is 13.1. The molecule has 0 amide bonds. The highest BCUT2D eigenvalue weighted by Crippen LogP contribution is 2.14. The fraction of sp³-hybridized carbons (Fsp3) is 0.300. The predicted octanol–water partition coefficient (Wildman–Crippen LogP) is 1.30. The van der Waals surface area contributed by atoms with Gasteiger partial charge in [0.25, 0.3) is 0 Å². The summed E-state index contributed by atoms with van der Waals surface area (Å²) in [6.45, 7) is -0.529. The van der Waals surface area contributed by atoms with Crippen molar-refractivity contribution < 1.29 is 18.3 Å². The Bertz CT molecular complexity index is 498. The molecule has 0 saturated carbocycles. The van der Waals surface area contributed by atoms with Crippen LogP contribution in [0.4, 0.5) is 0 Å². The molecule has 0 saturated heterocycles. The van der Waals surface area contributed by atoms with E-state index in [0.29, 0.717) is 5.56 Å². The van der Waals surface area contributed by atoms with Gasteiger partial charge in [-0.05, 0) is 17.7 Å². The van der Waals surface area contributed by atoms with Gasteiger partial charge in [0.15, 0.2) is 0 Å². The first kappa shape index (κ1) is 14.1. The summed E-state index contributed by atoms with van der Waals surface area (Å²) in [5, 5.41) is 8.54. The Morgan fingerprint density at radius 3 is 2.35 bits per heavy atom. The van der Waals surface area contributed by atoms with E-state index in [1.807, 2.05) is 0 Å². The molecule has 0 atom stereocenters. The van der Waals surface area contributed by atoms with E-state index in [1.165, 1.54) is 7.05 Å². The summed E-state index contributed by atoms with van der Waals surface area (Å²) >= 11 is 3.25. The summed E-state index contributed by atoms with van der Waals surface area (Å²) in [4.78, 5) is 10.4. The number of benzene rings is 1. The molecule has 0 aromatic heterocycles. The molecule has 0 aliphatic carbocycles. The van der Waals surface area contributed by atoms with Crippen LogP contribution >= 0.6 is 15.9 Å². The van der Waals surface area contributed by atoms with E-state index in [0.717, 1.165) is 8.78 Å². The van der Waals surface area contributed by atoms with Gasteiger partial charge in [-0.25, -0.2) is 8.42 Å². The molecule has 5 nitrogen and oxygen atoms in total. The molecule has 1 rings (SSSR count). The number of carboxylic acids is 1. The van der Waals surface area contributed by atoms with Gasteiger partial charge in [0.1, 0.15) is 6.54 Å². The van der Waals surface area contributed by atoms with Gasteiger partial charge >= 0.3 is 5.97 Å². The number of hydrogen-bond acceptors (Lipinski definition) is 3. The van der Waals surface area contributed by atoms with E-state index in [1.54, 1.807) is 24.3 Å². The Labute approximate surface area is 108 Å². The summed E-state index contributed by atoms with van der Waals surface area (Å²) in [6.07, 6.45) is 0. The van der Waals surface area contributed by atoms with Crippen LogP contribution in [0.25, 0.3) is 0 Å². The molecule has 94 valence electrons. The second-order valence-electron chi connectivity index (χ2n) is 3.53. The average molecular weight is 322 g/mol. The van der Waals surface area contributed by atoms with Crippen LogP contribution < -0.4 is 0 Å². The van der Waals surface area contributed by atoms with E-state index >= 15 is 0 Å². The molecule has 17 heavy (non-hydrogen) atoms. The Morgan fingerprint density at radius 1 is 1.35 bits per heavy atom. The number of likely N-dealkylation sites (N-methyl/N-ethyl adjacent to an activating group) is 1. The number of sulfonamides is 1. The minimum atomic E-state index is -3.58. The molecule has 7 heteroatoms. The van der Waals surface area contributed by atoms with E-state index in [9.17, 15) is 13.2 Å². The van der Waals surface area contributed by atoms with Crippen LogP contribution in [0.1, 0.15) is 5.56 Å². The third-order valence-corrected chi connectivity index (χ3v) is 4.40. The molecule has 0 heterocycles. The van der Waals surface area contributed by atoms with Gasteiger partial charge in [0, 0.05) is 11.5 Å². The summed E-state index contributed by atoms with van der Waals surface area (Å²) in [5.41, 5.74) is 0.616. The first-order valence-electron chi connectivity index (χ1n) is 4.71. The van der Waals surface area contributed by atoms with Crippen molar-refractivity contribution in [2.75, 3.05) is 13.6 Å². The second kappa shape index (κ2) is 5.61. The van der Waals surface area contributed by atoms with Crippen LogP contribution in [0.15, 0.2) is 28.7 Å². The summed E-state index contributed by atoms with van der Waals surface area (Å²) in [7, 11) is -2.33. The minimum Gasteiger partial charge on any atom is -0.480 e. The maximum Gasteiger partial charge on any atom is 0.318 e. The van der Waals surface area contributed by atoms with Crippen LogP contribution in [-0.4, -0.2) is 37.4 Å². The van der Waals surface area contributed by atoms with Gasteiger partial charge in [-0.15, -0.1) is 0 Å². The highest BCUT2D eigenvalue weighted by Gasteiger charge is 2.20. The molecule has 1 aromatic carbocycles. The lowest BCUT2D eigenvalue weighted by atomic mass is 10.2. The zero-order valence-electron chi connectivity index (χ0n) is 9.13. The van der Waals surface area contributed by atoms with Crippen molar-refractivity contribution in [2.45, 2.75) is 5.75 Å². The molecule has 0 spiro atoms. The molecule has 0 radical (unpaired) electrons. The topological polar surface area (TPSA) is 74.7 Å². The second-order valence-corrected chi connectivity index (χ2v) is 6.52. The van der Waals surface area contributed by atoms with Gasteiger partial charge in [-0.2, -0.15) is 4.31 Å². The van der Waals surface area contributed by atoms with Gasteiger partial charge < -0.3 is 5.11 Å². The van der Waals surface area contributed by atoms with Gasteiger partial charge in [0.05, 0.1) is 5.75 Å². The van der Waals surface area contributed by atoms with E-state index in [2.05, 4.69) is 15.9 Å². The van der Waals surface area contributed by atoms with Gasteiger partial charge in [0.2, 0.25) is 10.0 Å². The standard InChI is InChI=1S/C10H12BrNO4S/c1-12(6-10(13)14)17(15,16)7-8-2-4-9(11)5-3-8/h2-5H,6-7H2,1H3,(H,13,14). The number of carboxylic acid groups (broad SMARTS) is 1. The molecule has 0 fully saturated rings. The molecule has 1 N–H and O–H groups in total. The van der Waals surface area contributed by atoms with Crippen LogP contribution in [-0.2, 0) is 20.6 Å². The lowest BCUT2D eigenvalue weighted by Crippen LogP contribution is -2.32. The number of halogens is 1. The smallest absolute Gasteiger partial charge is 0.318 e. The van der Waals surface area contributed by atoms with Crippen molar-refractivity contribution in [1.29, 1.82) is 0 Å². The number of hydrogen-bond donors (Lipinski definition) is 1. The van der Waals surface area contributed by atoms with Crippen molar-refractivity contribution in [3.8, 4) is 0 Å². The van der Waals surface area contributed by atoms with Crippen LogP contribution in [0.3, 0.4) is 0 Å². The maximum atomic E-state index is 11.8. The Kier molecular flexibility index (Phi) is 4.67. The van der Waals surface area contributed by atoms with E-state index in [4.69, 9.17) is 5.11 Å². The van der Waals surface area contributed by atoms with Crippen molar-refractivity contribution in [3.63, 3.8) is 0 Å². The van der Waals surface area contributed by atoms with Crippen LogP contribution in [0.2, 0.25) is 0 Å². The van der Waals surface area contributed by atoms with Crippen LogP contribution in [0.5, 0.6) is 0 Å². The van der Waals surface area contributed by atoms with Crippen molar-refractivity contribution in [3.05, 3.63) is 34.3 Å². The van der Waals surface area contributed by atoms with Gasteiger partial charge in [-0.3, -0.25) is 4.79 Å². The first-order chi connectivity index (χ1) is 7.81. The third kappa shape index (κ3) is 4.45. The fourth-order valence-corrected chi connectivity index (χ4v) is 2.60. The van der Waals surface area contributed by atoms with Crippen molar-refractivity contribution in [2.24, 2.45) is 0 Å². The fourth-order valence-electron chi connectivity index (χ4n) is 1.19. The molecule has 0 unspecified atom stereocenters. The number of rotatable bonds is 5. The Morgan fingerprint density at radius 2 is 1.88 bits per heavy atom.